The summed E-state index contributed by atoms with van der Waals surface area (Å²) in [6.07, 6.45) is 0. The third kappa shape index (κ3) is 5.76. The fourth-order valence-electron chi connectivity index (χ4n) is 3.62. The van der Waals surface area contributed by atoms with E-state index in [0.29, 0.717) is 10.6 Å². The van der Waals surface area contributed by atoms with Gasteiger partial charge in [-0.15, -0.1) is 0 Å². The lowest BCUT2D eigenvalue weighted by Crippen LogP contribution is -2.10. The Morgan fingerprint density at radius 3 is 1.95 bits per heavy atom. The normalized spacial score (nSPS) is 11.6. The molecule has 0 bridgehead atoms. The topological polar surface area (TPSA) is 63.7 Å². The van der Waals surface area contributed by atoms with Crippen LogP contribution in [-0.2, 0) is 15.5 Å². The van der Waals surface area contributed by atoms with Crippen LogP contribution in [0.2, 0.25) is 5.02 Å². The van der Waals surface area contributed by atoms with Crippen LogP contribution < -0.4 is 4.90 Å². The second-order valence-corrected chi connectivity index (χ2v) is 9.91. The van der Waals surface area contributed by atoms with Gasteiger partial charge in [0.2, 0.25) is 0 Å². The summed E-state index contributed by atoms with van der Waals surface area (Å²) in [5.74, 6) is -3.40. The molecule has 4 aromatic carbocycles. The lowest BCUT2D eigenvalue weighted by molar-refractivity contribution is 0.0600. The number of methoxy groups -OCH3 is 1. The Morgan fingerprint density at radius 2 is 1.35 bits per heavy atom. The number of hydrogen-bond acceptors (Lipinski definition) is 5. The summed E-state index contributed by atoms with van der Waals surface area (Å²) in [5, 5.41) is 0.622. The Morgan fingerprint density at radius 1 is 0.757 bits per heavy atom. The molecule has 0 aliphatic heterocycles. The van der Waals surface area contributed by atoms with Gasteiger partial charge in [0, 0.05) is 44.4 Å². The van der Waals surface area contributed by atoms with Crippen LogP contribution in [0, 0.1) is 11.6 Å². The van der Waals surface area contributed by atoms with Gasteiger partial charge in [0.15, 0.2) is 17.4 Å². The van der Waals surface area contributed by atoms with E-state index in [1.54, 1.807) is 36.4 Å². The molecule has 37 heavy (non-hydrogen) atoms. The molecule has 0 amide bonds. The van der Waals surface area contributed by atoms with Crippen molar-refractivity contribution in [2.45, 2.75) is 9.79 Å². The summed E-state index contributed by atoms with van der Waals surface area (Å²) in [4.78, 5) is 27.5. The summed E-state index contributed by atoms with van der Waals surface area (Å²) >= 11 is 5.96. The zero-order valence-corrected chi connectivity index (χ0v) is 21.3. The van der Waals surface area contributed by atoms with E-state index < -0.39 is 34.2 Å². The van der Waals surface area contributed by atoms with E-state index in [0.717, 1.165) is 23.5 Å². The van der Waals surface area contributed by atoms with E-state index in [-0.39, 0.29) is 20.9 Å². The molecule has 1 atom stereocenters. The van der Waals surface area contributed by atoms with E-state index in [9.17, 15) is 22.6 Å². The summed E-state index contributed by atoms with van der Waals surface area (Å²) in [7, 11) is 1.06. The summed E-state index contributed by atoms with van der Waals surface area (Å²) in [5.41, 5.74) is 2.15. The van der Waals surface area contributed by atoms with E-state index in [4.69, 9.17) is 16.3 Å². The Labute approximate surface area is 219 Å². The molecule has 0 saturated heterocycles. The molecular formula is C28H20ClF2NO4S. The number of rotatable bonds is 7. The van der Waals surface area contributed by atoms with E-state index in [1.165, 1.54) is 31.4 Å². The van der Waals surface area contributed by atoms with E-state index in [2.05, 4.69) is 0 Å². The Balaban J connectivity index is 1.67. The molecule has 0 saturated carbocycles. The largest absolute Gasteiger partial charge is 0.465 e. The predicted molar refractivity (Wildman–Crippen MR) is 138 cm³/mol. The fraction of sp³-hybridized carbons (Fsp3) is 0.0714. The highest BCUT2D eigenvalue weighted by Crippen LogP contribution is 2.27. The number of esters is 1. The summed E-state index contributed by atoms with van der Waals surface area (Å²) < 4.78 is 44.9. The van der Waals surface area contributed by atoms with Crippen molar-refractivity contribution in [3.8, 4) is 0 Å². The highest BCUT2D eigenvalue weighted by molar-refractivity contribution is 7.85. The number of carbonyl (C=O) groups is 2. The molecule has 0 aliphatic carbocycles. The number of ketones is 1. The lowest BCUT2D eigenvalue weighted by Gasteiger charge is -2.19. The molecule has 0 spiro atoms. The van der Waals surface area contributed by atoms with Crippen LogP contribution >= 0.6 is 11.6 Å². The van der Waals surface area contributed by atoms with Crippen LogP contribution in [0.4, 0.5) is 20.2 Å². The SMILES string of the molecule is COC(=O)c1cc(C(=O)c2ccc(N(C)c3ccc(Cl)cc3)cc2)cc(S(=O)c2ccc(F)c(F)c2)c1. The van der Waals surface area contributed by atoms with Crippen LogP contribution in [0.15, 0.2) is 94.7 Å². The molecule has 4 rings (SSSR count). The molecule has 188 valence electrons. The van der Waals surface area contributed by atoms with Gasteiger partial charge in [-0.1, -0.05) is 11.6 Å². The zero-order valence-electron chi connectivity index (χ0n) is 19.7. The maximum Gasteiger partial charge on any atom is 0.337 e. The van der Waals surface area contributed by atoms with Gasteiger partial charge in [-0.2, -0.15) is 0 Å². The quantitative estimate of drug-likeness (QED) is 0.196. The third-order valence-corrected chi connectivity index (χ3v) is 7.24. The average molecular weight is 540 g/mol. The van der Waals surface area contributed by atoms with Crippen LogP contribution in [0.1, 0.15) is 26.3 Å². The van der Waals surface area contributed by atoms with Gasteiger partial charge in [-0.3, -0.25) is 4.79 Å². The smallest absolute Gasteiger partial charge is 0.337 e. The van der Waals surface area contributed by atoms with Gasteiger partial charge in [0.1, 0.15) is 0 Å². The minimum atomic E-state index is -1.99. The van der Waals surface area contributed by atoms with Crippen LogP contribution in [-0.4, -0.2) is 30.1 Å². The van der Waals surface area contributed by atoms with Crippen LogP contribution in [0.5, 0.6) is 0 Å². The van der Waals surface area contributed by atoms with Crippen molar-refractivity contribution in [2.75, 3.05) is 19.1 Å². The molecular weight excluding hydrogens is 520 g/mol. The van der Waals surface area contributed by atoms with Crippen LogP contribution in [0.3, 0.4) is 0 Å². The number of ether oxygens (including phenoxy) is 1. The van der Waals surface area contributed by atoms with Crippen molar-refractivity contribution in [1.29, 1.82) is 0 Å². The molecule has 5 nitrogen and oxygen atoms in total. The van der Waals surface area contributed by atoms with Gasteiger partial charge in [-0.05, 0) is 84.9 Å². The van der Waals surface area contributed by atoms with Crippen molar-refractivity contribution in [3.63, 3.8) is 0 Å². The molecule has 4 aromatic rings. The first kappa shape index (κ1) is 26.2. The minimum Gasteiger partial charge on any atom is -0.465 e. The zero-order chi connectivity index (χ0) is 26.7. The van der Waals surface area contributed by atoms with Crippen LogP contribution in [0.25, 0.3) is 0 Å². The fourth-order valence-corrected chi connectivity index (χ4v) is 4.89. The number of benzene rings is 4. The molecule has 0 radical (unpaired) electrons. The van der Waals surface area contributed by atoms with Crippen molar-refractivity contribution < 1.29 is 27.3 Å². The average Bonchev–Trinajstić information content (AvgIpc) is 2.93. The lowest BCUT2D eigenvalue weighted by atomic mass is 10.0. The van der Waals surface area contributed by atoms with E-state index >= 15 is 0 Å². The van der Waals surface area contributed by atoms with Gasteiger partial charge < -0.3 is 9.64 Å². The maximum absolute atomic E-state index is 13.7. The monoisotopic (exact) mass is 539 g/mol. The first-order valence-electron chi connectivity index (χ1n) is 10.9. The van der Waals surface area contributed by atoms with Crippen molar-refractivity contribution >= 4 is 45.5 Å². The second kappa shape index (κ2) is 11.0. The number of halogens is 3. The van der Waals surface area contributed by atoms with Gasteiger partial charge in [0.25, 0.3) is 0 Å². The van der Waals surface area contributed by atoms with Gasteiger partial charge in [-0.25, -0.2) is 17.8 Å². The Bertz CT molecular complexity index is 1510. The summed E-state index contributed by atoms with van der Waals surface area (Å²) in [6, 6.07) is 21.0. The molecule has 1 unspecified atom stereocenters. The molecule has 0 N–H and O–H groups in total. The Hall–Kier alpha value is -3.88. The highest BCUT2D eigenvalue weighted by Gasteiger charge is 2.19. The minimum absolute atomic E-state index is 0.00150. The molecule has 9 heteroatoms. The number of carbonyl (C=O) groups excluding carboxylic acids is 2. The third-order valence-electron chi connectivity index (χ3n) is 5.64. The molecule has 0 aliphatic rings. The van der Waals surface area contributed by atoms with Crippen molar-refractivity contribution in [2.24, 2.45) is 0 Å². The first-order valence-corrected chi connectivity index (χ1v) is 12.4. The van der Waals surface area contributed by atoms with Crippen molar-refractivity contribution in [1.82, 2.24) is 0 Å². The maximum atomic E-state index is 13.7. The van der Waals surface area contributed by atoms with Crippen molar-refractivity contribution in [3.05, 3.63) is 118 Å². The number of nitrogens with zero attached hydrogens (tertiary/aromatic N) is 1. The van der Waals surface area contributed by atoms with Gasteiger partial charge in [0.05, 0.1) is 23.5 Å². The number of anilines is 2. The molecule has 0 aromatic heterocycles. The molecule has 0 fully saturated rings. The predicted octanol–water partition coefficient (Wildman–Crippen LogP) is 6.57. The second-order valence-electron chi connectivity index (χ2n) is 7.99. The Kier molecular flexibility index (Phi) is 7.80. The highest BCUT2D eigenvalue weighted by atomic mass is 35.5. The number of hydrogen-bond donors (Lipinski definition) is 0. The first-order chi connectivity index (χ1) is 17.7. The van der Waals surface area contributed by atoms with E-state index in [1.807, 2.05) is 24.1 Å². The molecule has 0 heterocycles. The standard InChI is InChI=1S/C28H20ClF2NO4S/c1-32(22-9-5-20(29)6-10-22)21-7-3-17(4-8-21)27(33)18-13-19(28(34)36-2)15-24(14-18)37(35)23-11-12-25(30)26(31)16-23/h3-16H,1-2H3. The van der Waals surface area contributed by atoms with Gasteiger partial charge >= 0.3 is 5.97 Å². The summed E-state index contributed by atoms with van der Waals surface area (Å²) in [6.45, 7) is 0.